The number of hydrogen-bond donors (Lipinski definition) is 0. The Balaban J connectivity index is 1.73. The van der Waals surface area contributed by atoms with Gasteiger partial charge in [-0.25, -0.2) is 4.39 Å². The number of thioether (sulfide) groups is 1. The first-order chi connectivity index (χ1) is 12.8. The molecule has 0 spiro atoms. The van der Waals surface area contributed by atoms with Gasteiger partial charge in [-0.3, -0.25) is 19.3 Å². The molecule has 2 heterocycles. The Kier molecular flexibility index (Phi) is 5.84. The molecule has 1 aromatic carbocycles. The third-order valence-corrected chi connectivity index (χ3v) is 5.15. The quantitative estimate of drug-likeness (QED) is 0.565. The first-order valence-electron chi connectivity index (χ1n) is 8.84. The molecule has 0 unspecified atom stereocenters. The van der Waals surface area contributed by atoms with Gasteiger partial charge in [0, 0.05) is 13.1 Å². The number of imide groups is 1. The van der Waals surface area contributed by atoms with Crippen LogP contribution in [0.4, 0.5) is 14.9 Å². The second kappa shape index (κ2) is 8.12. The topological polar surface area (TPSA) is 66.9 Å². The molecular formula is C19H21FN2O4S. The molecule has 2 fully saturated rings. The van der Waals surface area contributed by atoms with Crippen molar-refractivity contribution in [1.29, 1.82) is 0 Å². The van der Waals surface area contributed by atoms with E-state index in [0.717, 1.165) is 42.6 Å². The van der Waals surface area contributed by atoms with Gasteiger partial charge in [-0.2, -0.15) is 0 Å². The summed E-state index contributed by atoms with van der Waals surface area (Å²) >= 11 is 0.731. The largest absolute Gasteiger partial charge is 0.462 e. The number of carbonyl (C=O) groups excluding carboxylic acids is 3. The Hall–Kier alpha value is -2.35. The highest BCUT2D eigenvalue weighted by molar-refractivity contribution is 8.18. The molecule has 0 N–H and O–H groups in total. The van der Waals surface area contributed by atoms with Crippen molar-refractivity contribution >= 4 is 40.6 Å². The number of rotatable bonds is 5. The van der Waals surface area contributed by atoms with Gasteiger partial charge >= 0.3 is 5.97 Å². The summed E-state index contributed by atoms with van der Waals surface area (Å²) in [6, 6.07) is 4.77. The number of nitrogens with zero attached hydrogens (tertiary/aromatic N) is 2. The first kappa shape index (κ1) is 19.4. The van der Waals surface area contributed by atoms with Gasteiger partial charge in [0.05, 0.1) is 16.7 Å². The van der Waals surface area contributed by atoms with E-state index in [1.165, 1.54) is 12.1 Å². The van der Waals surface area contributed by atoms with Crippen molar-refractivity contribution < 1.29 is 23.5 Å². The number of hydrogen-bond acceptors (Lipinski definition) is 6. The van der Waals surface area contributed by atoms with Crippen LogP contribution in [0.5, 0.6) is 0 Å². The third kappa shape index (κ3) is 4.50. The molecule has 0 radical (unpaired) electrons. The van der Waals surface area contributed by atoms with Crippen LogP contribution in [0.1, 0.15) is 32.3 Å². The van der Waals surface area contributed by atoms with E-state index in [9.17, 15) is 18.8 Å². The van der Waals surface area contributed by atoms with Crippen LogP contribution in [-0.2, 0) is 14.3 Å². The maximum absolute atomic E-state index is 14.4. The van der Waals surface area contributed by atoms with Gasteiger partial charge in [0.2, 0.25) is 0 Å². The van der Waals surface area contributed by atoms with Gasteiger partial charge in [-0.15, -0.1) is 0 Å². The van der Waals surface area contributed by atoms with E-state index >= 15 is 0 Å². The normalized spacial score (nSPS) is 18.9. The van der Waals surface area contributed by atoms with Crippen LogP contribution in [-0.4, -0.2) is 47.8 Å². The van der Waals surface area contributed by atoms with Crippen LogP contribution in [0.2, 0.25) is 0 Å². The predicted octanol–water partition coefficient (Wildman–Crippen LogP) is 3.41. The van der Waals surface area contributed by atoms with Crippen LogP contribution >= 0.6 is 11.8 Å². The smallest absolute Gasteiger partial charge is 0.326 e. The molecule has 2 aliphatic rings. The van der Waals surface area contributed by atoms with Crippen molar-refractivity contribution in [2.75, 3.05) is 24.5 Å². The zero-order valence-electron chi connectivity index (χ0n) is 15.2. The first-order valence-corrected chi connectivity index (χ1v) is 9.66. The fourth-order valence-electron chi connectivity index (χ4n) is 3.04. The Morgan fingerprint density at radius 2 is 2.00 bits per heavy atom. The van der Waals surface area contributed by atoms with Gasteiger partial charge in [-0.1, -0.05) is 6.07 Å². The van der Waals surface area contributed by atoms with Crippen LogP contribution in [0.15, 0.2) is 23.1 Å². The summed E-state index contributed by atoms with van der Waals surface area (Å²) < 4.78 is 19.4. The van der Waals surface area contributed by atoms with Crippen LogP contribution in [0.25, 0.3) is 6.08 Å². The lowest BCUT2D eigenvalue weighted by molar-refractivity contribution is -0.149. The van der Waals surface area contributed by atoms with Gasteiger partial charge in [0.15, 0.2) is 0 Å². The lowest BCUT2D eigenvalue weighted by Gasteiger charge is -2.18. The van der Waals surface area contributed by atoms with Gasteiger partial charge in [-0.05, 0) is 62.2 Å². The summed E-state index contributed by atoms with van der Waals surface area (Å²) in [5.74, 6) is -1.57. The number of carbonyl (C=O) groups is 3. The fraction of sp³-hybridized carbons (Fsp3) is 0.421. The van der Waals surface area contributed by atoms with E-state index < -0.39 is 23.7 Å². The Labute approximate surface area is 161 Å². The summed E-state index contributed by atoms with van der Waals surface area (Å²) in [7, 11) is 0. The second-order valence-electron chi connectivity index (χ2n) is 6.71. The van der Waals surface area contributed by atoms with Crippen molar-refractivity contribution in [2.45, 2.75) is 32.8 Å². The van der Waals surface area contributed by atoms with Crippen LogP contribution in [0.3, 0.4) is 0 Å². The zero-order valence-corrected chi connectivity index (χ0v) is 16.1. The van der Waals surface area contributed by atoms with Gasteiger partial charge in [0.1, 0.15) is 12.4 Å². The summed E-state index contributed by atoms with van der Waals surface area (Å²) in [4.78, 5) is 39.2. The molecule has 3 rings (SSSR count). The third-order valence-electron chi connectivity index (χ3n) is 4.24. The van der Waals surface area contributed by atoms with Crippen molar-refractivity contribution in [3.63, 3.8) is 0 Å². The molecule has 0 bridgehead atoms. The Morgan fingerprint density at radius 1 is 1.30 bits per heavy atom. The van der Waals surface area contributed by atoms with Crippen molar-refractivity contribution in [3.05, 3.63) is 34.5 Å². The van der Waals surface area contributed by atoms with E-state index in [1.807, 2.05) is 4.90 Å². The fourth-order valence-corrected chi connectivity index (χ4v) is 3.88. The maximum atomic E-state index is 14.4. The standard InChI is InChI=1S/C19H21FN2O4S/c1-12(2)26-17(23)11-22-18(24)16(27-19(22)25)10-13-5-6-15(14(20)9-13)21-7-3-4-8-21/h5-6,9-10,12H,3-4,7-8,11H2,1-2H3. The summed E-state index contributed by atoms with van der Waals surface area (Å²) in [6.07, 6.45) is 3.24. The molecule has 2 aliphatic heterocycles. The van der Waals surface area contributed by atoms with E-state index in [1.54, 1.807) is 26.0 Å². The Morgan fingerprint density at radius 3 is 2.63 bits per heavy atom. The maximum Gasteiger partial charge on any atom is 0.326 e. The molecule has 1 aromatic rings. The predicted molar refractivity (Wildman–Crippen MR) is 102 cm³/mol. The molecule has 8 heteroatoms. The molecule has 144 valence electrons. The van der Waals surface area contributed by atoms with Crippen LogP contribution < -0.4 is 4.90 Å². The Bertz CT molecular complexity index is 803. The molecule has 2 amide bonds. The molecule has 0 saturated carbocycles. The highest BCUT2D eigenvalue weighted by Crippen LogP contribution is 2.33. The highest BCUT2D eigenvalue weighted by Gasteiger charge is 2.36. The number of halogens is 1. The van der Waals surface area contributed by atoms with E-state index in [0.29, 0.717) is 11.3 Å². The van der Waals surface area contributed by atoms with E-state index in [2.05, 4.69) is 0 Å². The number of esters is 1. The van der Waals surface area contributed by atoms with Crippen molar-refractivity contribution in [3.8, 4) is 0 Å². The molecular weight excluding hydrogens is 371 g/mol. The minimum absolute atomic E-state index is 0.158. The molecule has 0 atom stereocenters. The number of amides is 2. The lowest BCUT2D eigenvalue weighted by atomic mass is 10.1. The molecule has 0 aliphatic carbocycles. The van der Waals surface area contributed by atoms with Crippen molar-refractivity contribution in [2.24, 2.45) is 0 Å². The van der Waals surface area contributed by atoms with Gasteiger partial charge in [0.25, 0.3) is 11.1 Å². The average Bonchev–Trinajstić information content (AvgIpc) is 3.19. The summed E-state index contributed by atoms with van der Waals surface area (Å²) in [6.45, 7) is 4.61. The minimum atomic E-state index is -0.644. The van der Waals surface area contributed by atoms with Crippen molar-refractivity contribution in [1.82, 2.24) is 4.90 Å². The summed E-state index contributed by atoms with van der Waals surface area (Å²) in [5, 5.41) is -0.541. The summed E-state index contributed by atoms with van der Waals surface area (Å²) in [5.41, 5.74) is 1.04. The molecule has 6 nitrogen and oxygen atoms in total. The van der Waals surface area contributed by atoms with E-state index in [-0.39, 0.29) is 16.8 Å². The monoisotopic (exact) mass is 392 g/mol. The highest BCUT2D eigenvalue weighted by atomic mass is 32.2. The lowest BCUT2D eigenvalue weighted by Crippen LogP contribution is -2.35. The number of anilines is 1. The average molecular weight is 392 g/mol. The minimum Gasteiger partial charge on any atom is -0.462 e. The number of benzene rings is 1. The second-order valence-corrected chi connectivity index (χ2v) is 7.70. The number of ether oxygens (including phenoxy) is 1. The SMILES string of the molecule is CC(C)OC(=O)CN1C(=O)SC(=Cc2ccc(N3CCCC3)c(F)c2)C1=O. The zero-order chi connectivity index (χ0) is 19.6. The molecule has 0 aromatic heterocycles. The van der Waals surface area contributed by atoms with E-state index in [4.69, 9.17) is 4.74 Å². The molecule has 2 saturated heterocycles. The van der Waals surface area contributed by atoms with Gasteiger partial charge < -0.3 is 9.64 Å². The van der Waals surface area contributed by atoms with Crippen LogP contribution in [0, 0.1) is 5.82 Å². The molecule has 27 heavy (non-hydrogen) atoms.